The second-order valence-corrected chi connectivity index (χ2v) is 15.5. The van der Waals surface area contributed by atoms with Crippen molar-refractivity contribution in [3.05, 3.63) is 29.4 Å². The Hall–Kier alpha value is -2.39. The Bertz CT molecular complexity index is 1380. The van der Waals surface area contributed by atoms with Crippen LogP contribution in [0.4, 0.5) is 15.3 Å². The quantitative estimate of drug-likeness (QED) is 0.305. The first-order valence-electron chi connectivity index (χ1n) is 15.0. The van der Waals surface area contributed by atoms with Crippen molar-refractivity contribution in [1.82, 2.24) is 19.9 Å². The van der Waals surface area contributed by atoms with Gasteiger partial charge in [0.15, 0.2) is 0 Å². The third-order valence-electron chi connectivity index (χ3n) is 7.57. The Balaban J connectivity index is 0.00000529. The lowest BCUT2D eigenvalue weighted by atomic mass is 9.86. The molecule has 2 fully saturated rings. The number of carbonyl (C=O) groups excluding carboxylic acids is 2. The third kappa shape index (κ3) is 10.1. The van der Waals surface area contributed by atoms with E-state index < -0.39 is 21.7 Å². The van der Waals surface area contributed by atoms with Gasteiger partial charge in [0.25, 0.3) is 0 Å². The monoisotopic (exact) mass is 669 g/mol. The lowest BCUT2D eigenvalue weighted by Crippen LogP contribution is -2.40. The Morgan fingerprint density at radius 3 is 2.43 bits per heavy atom. The van der Waals surface area contributed by atoms with Crippen LogP contribution in [0, 0.1) is 0 Å². The maximum absolute atomic E-state index is 13.6. The molecular formula is C30H47N5O6S3. The molecule has 0 radical (unpaired) electrons. The van der Waals surface area contributed by atoms with Crippen molar-refractivity contribution in [2.45, 2.75) is 108 Å². The number of alkyl carbamates (subject to hydrolysis) is 1. The number of likely N-dealkylation sites (N-methyl/N-ethyl adjacent to an activating group) is 1. The summed E-state index contributed by atoms with van der Waals surface area (Å²) in [6.45, 7) is 10.2. The van der Waals surface area contributed by atoms with E-state index in [-0.39, 0.29) is 55.2 Å². The molecule has 1 aromatic carbocycles. The van der Waals surface area contributed by atoms with Gasteiger partial charge in [-0.05, 0) is 98.9 Å². The van der Waals surface area contributed by atoms with E-state index >= 15 is 0 Å². The van der Waals surface area contributed by atoms with Crippen LogP contribution in [0.3, 0.4) is 0 Å². The largest absolute Gasteiger partial charge is 0.448 e. The standard InChI is InChI=1S/C30H45N5O6S2.H2S/c1-19(2)41-29(37)32-21-11-9-20(10-12-21)27-31-17-25(42-27)24-14-13-22(16-26(24)43(38,39)34-30(3,4)5)33-28(36)40-18-23-8-7-15-35(23)6;/h13-14,16-17,19-21,23,34H,7-12,15,18H2,1-6H3,(H,32,37)(H,33,36);1H2/t20?,21?,23-;/m0./s1. The molecule has 1 aliphatic carbocycles. The van der Waals surface area contributed by atoms with Gasteiger partial charge in [0.2, 0.25) is 10.0 Å². The van der Waals surface area contributed by atoms with Crippen LogP contribution in [0.2, 0.25) is 0 Å². The Labute approximate surface area is 272 Å². The summed E-state index contributed by atoms with van der Waals surface area (Å²) in [6.07, 6.45) is 5.93. The van der Waals surface area contributed by atoms with Gasteiger partial charge in [-0.3, -0.25) is 5.32 Å². The molecule has 3 N–H and O–H groups in total. The number of benzene rings is 1. The van der Waals surface area contributed by atoms with Crippen LogP contribution in [0.1, 0.15) is 84.1 Å². The molecule has 1 atom stereocenters. The van der Waals surface area contributed by atoms with Gasteiger partial charge in [-0.2, -0.15) is 13.5 Å². The highest BCUT2D eigenvalue weighted by Crippen LogP contribution is 2.40. The summed E-state index contributed by atoms with van der Waals surface area (Å²) in [5.41, 5.74) is 0.131. The number of likely N-dealkylation sites (tertiary alicyclic amines) is 1. The molecule has 4 rings (SSSR count). The van der Waals surface area contributed by atoms with Crippen LogP contribution in [0.15, 0.2) is 29.3 Å². The van der Waals surface area contributed by atoms with Crippen molar-refractivity contribution >= 4 is 52.7 Å². The number of nitrogens with one attached hydrogen (secondary N) is 3. The molecule has 1 aromatic heterocycles. The van der Waals surface area contributed by atoms with E-state index in [1.54, 1.807) is 39.1 Å². The summed E-state index contributed by atoms with van der Waals surface area (Å²) in [7, 11) is -1.94. The van der Waals surface area contributed by atoms with Crippen LogP contribution >= 0.6 is 24.8 Å². The Morgan fingerprint density at radius 2 is 1.82 bits per heavy atom. The van der Waals surface area contributed by atoms with E-state index in [9.17, 15) is 18.0 Å². The number of carbonyl (C=O) groups is 2. The zero-order valence-corrected chi connectivity index (χ0v) is 29.1. The molecule has 1 saturated carbocycles. The second kappa shape index (κ2) is 15.3. The maximum atomic E-state index is 13.6. The van der Waals surface area contributed by atoms with Crippen LogP contribution in [-0.4, -0.2) is 74.4 Å². The van der Waals surface area contributed by atoms with E-state index in [1.807, 2.05) is 20.9 Å². The number of aromatic nitrogens is 1. The highest BCUT2D eigenvalue weighted by Gasteiger charge is 2.29. The summed E-state index contributed by atoms with van der Waals surface area (Å²) in [5.74, 6) is 0.222. The first-order valence-corrected chi connectivity index (χ1v) is 17.3. The zero-order chi connectivity index (χ0) is 31.4. The molecule has 14 heteroatoms. The van der Waals surface area contributed by atoms with Gasteiger partial charge in [-0.25, -0.2) is 27.7 Å². The number of amides is 2. The number of rotatable bonds is 9. The van der Waals surface area contributed by atoms with Crippen molar-refractivity contribution in [2.24, 2.45) is 0 Å². The first kappa shape index (κ1) is 36.1. The van der Waals surface area contributed by atoms with Gasteiger partial charge in [0.05, 0.1) is 20.9 Å². The first-order chi connectivity index (χ1) is 20.2. The van der Waals surface area contributed by atoms with Crippen LogP contribution < -0.4 is 15.4 Å². The molecule has 11 nitrogen and oxygen atoms in total. The van der Waals surface area contributed by atoms with E-state index in [1.165, 1.54) is 17.4 Å². The third-order valence-corrected chi connectivity index (χ3v) is 10.6. The summed E-state index contributed by atoms with van der Waals surface area (Å²) >= 11 is 1.47. The van der Waals surface area contributed by atoms with Crippen LogP contribution in [-0.2, 0) is 19.5 Å². The van der Waals surface area contributed by atoms with E-state index in [0.717, 1.165) is 55.0 Å². The molecule has 2 heterocycles. The fraction of sp³-hybridized carbons (Fsp3) is 0.633. The molecule has 0 spiro atoms. The normalized spacial score (nSPS) is 21.0. The molecule has 1 saturated heterocycles. The minimum atomic E-state index is -3.95. The lowest BCUT2D eigenvalue weighted by Gasteiger charge is -2.28. The molecular weight excluding hydrogens is 623 g/mol. The molecule has 246 valence electrons. The second-order valence-electron chi connectivity index (χ2n) is 12.8. The van der Waals surface area contributed by atoms with Crippen molar-refractivity contribution in [3.63, 3.8) is 0 Å². The SMILES string of the molecule is CC(C)OC(=O)NC1CCC(c2ncc(-c3ccc(NC(=O)OC[C@@H]4CCCN4C)cc3S(=O)(=O)NC(C)(C)C)s2)CC1.S. The minimum Gasteiger partial charge on any atom is -0.448 e. The van der Waals surface area contributed by atoms with E-state index in [2.05, 4.69) is 25.2 Å². The Morgan fingerprint density at radius 1 is 1.11 bits per heavy atom. The predicted molar refractivity (Wildman–Crippen MR) is 178 cm³/mol. The molecule has 2 aliphatic rings. The number of anilines is 1. The smallest absolute Gasteiger partial charge is 0.411 e. The number of thiazole rings is 1. The van der Waals surface area contributed by atoms with Gasteiger partial charge in [0, 0.05) is 41.0 Å². The topological polar surface area (TPSA) is 139 Å². The van der Waals surface area contributed by atoms with Gasteiger partial charge in [-0.1, -0.05) is 6.07 Å². The number of nitrogens with zero attached hydrogens (tertiary/aromatic N) is 2. The van der Waals surface area contributed by atoms with Crippen molar-refractivity contribution in [2.75, 3.05) is 25.5 Å². The van der Waals surface area contributed by atoms with Gasteiger partial charge < -0.3 is 19.7 Å². The average molecular weight is 670 g/mol. The molecule has 2 amide bonds. The van der Waals surface area contributed by atoms with E-state index in [0.29, 0.717) is 11.3 Å². The number of sulfonamides is 1. The summed E-state index contributed by atoms with van der Waals surface area (Å²) in [5, 5.41) is 6.58. The van der Waals surface area contributed by atoms with Gasteiger partial charge >= 0.3 is 12.2 Å². The highest BCUT2D eigenvalue weighted by atomic mass is 32.2. The minimum absolute atomic E-state index is 0. The predicted octanol–water partition coefficient (Wildman–Crippen LogP) is 5.80. The molecule has 0 bridgehead atoms. The number of hydrogen-bond acceptors (Lipinski definition) is 9. The maximum Gasteiger partial charge on any atom is 0.411 e. The molecule has 1 aliphatic heterocycles. The fourth-order valence-corrected chi connectivity index (χ4v) is 8.36. The van der Waals surface area contributed by atoms with Gasteiger partial charge in [-0.15, -0.1) is 11.3 Å². The number of ether oxygens (including phenoxy) is 2. The lowest BCUT2D eigenvalue weighted by molar-refractivity contribution is 0.109. The van der Waals surface area contributed by atoms with Gasteiger partial charge in [0.1, 0.15) is 6.61 Å². The molecule has 2 aromatic rings. The zero-order valence-electron chi connectivity index (χ0n) is 26.4. The van der Waals surface area contributed by atoms with Crippen LogP contribution in [0.25, 0.3) is 10.4 Å². The summed E-state index contributed by atoms with van der Waals surface area (Å²) in [6, 6.07) is 5.11. The average Bonchev–Trinajstić information content (AvgIpc) is 3.55. The van der Waals surface area contributed by atoms with Crippen molar-refractivity contribution in [1.29, 1.82) is 0 Å². The summed E-state index contributed by atoms with van der Waals surface area (Å²) < 4.78 is 40.6. The molecule has 44 heavy (non-hydrogen) atoms. The molecule has 0 unspecified atom stereocenters. The fourth-order valence-electron chi connectivity index (χ4n) is 5.50. The highest BCUT2D eigenvalue weighted by molar-refractivity contribution is 7.89. The van der Waals surface area contributed by atoms with Crippen molar-refractivity contribution in [3.8, 4) is 10.4 Å². The summed E-state index contributed by atoms with van der Waals surface area (Å²) in [4.78, 5) is 32.2. The van der Waals surface area contributed by atoms with E-state index in [4.69, 9.17) is 9.47 Å². The Kier molecular flexibility index (Phi) is 12.5. The van der Waals surface area contributed by atoms with Crippen LogP contribution in [0.5, 0.6) is 0 Å². The van der Waals surface area contributed by atoms with Crippen molar-refractivity contribution < 1.29 is 27.5 Å². The number of hydrogen-bond donors (Lipinski definition) is 3.